The molecule has 3 rings (SSSR count). The van der Waals surface area contributed by atoms with Crippen molar-refractivity contribution in [2.45, 2.75) is 19.1 Å². The van der Waals surface area contributed by atoms with E-state index in [0.717, 1.165) is 22.8 Å². The molecule has 0 fully saturated rings. The summed E-state index contributed by atoms with van der Waals surface area (Å²) in [5.74, 6) is 3.78. The molecule has 5 nitrogen and oxygen atoms in total. The molecule has 0 atom stereocenters. The van der Waals surface area contributed by atoms with Gasteiger partial charge in [0.25, 0.3) is 0 Å². The summed E-state index contributed by atoms with van der Waals surface area (Å²) in [5.41, 5.74) is 1.59. The predicted molar refractivity (Wildman–Crippen MR) is 98.3 cm³/mol. The van der Waals surface area contributed by atoms with E-state index >= 15 is 0 Å². The monoisotopic (exact) mass is 356 g/mol. The van der Waals surface area contributed by atoms with Crippen LogP contribution in [-0.2, 0) is 17.0 Å². The SMILES string of the molecule is Cc1oc(-c2ccccc2)nc1CC(=O)NCCSCc1ccco1. The van der Waals surface area contributed by atoms with E-state index in [2.05, 4.69) is 10.3 Å². The van der Waals surface area contributed by atoms with Gasteiger partial charge in [-0.25, -0.2) is 4.98 Å². The molecule has 0 spiro atoms. The van der Waals surface area contributed by atoms with Crippen LogP contribution in [0.4, 0.5) is 0 Å². The normalized spacial score (nSPS) is 10.8. The number of amides is 1. The topological polar surface area (TPSA) is 68.3 Å². The van der Waals surface area contributed by atoms with Gasteiger partial charge in [-0.2, -0.15) is 11.8 Å². The van der Waals surface area contributed by atoms with Gasteiger partial charge in [0, 0.05) is 17.9 Å². The summed E-state index contributed by atoms with van der Waals surface area (Å²) in [6.07, 6.45) is 1.90. The molecule has 0 saturated carbocycles. The molecule has 0 radical (unpaired) electrons. The first-order valence-electron chi connectivity index (χ1n) is 8.11. The number of hydrogen-bond acceptors (Lipinski definition) is 5. The average molecular weight is 356 g/mol. The van der Waals surface area contributed by atoms with Crippen molar-refractivity contribution in [3.63, 3.8) is 0 Å². The Morgan fingerprint density at radius 3 is 2.80 bits per heavy atom. The summed E-state index contributed by atoms with van der Waals surface area (Å²) in [5, 5.41) is 2.92. The van der Waals surface area contributed by atoms with Crippen LogP contribution >= 0.6 is 11.8 Å². The van der Waals surface area contributed by atoms with E-state index < -0.39 is 0 Å². The maximum Gasteiger partial charge on any atom is 0.226 e. The fourth-order valence-corrected chi connectivity index (χ4v) is 3.10. The van der Waals surface area contributed by atoms with Crippen molar-refractivity contribution >= 4 is 17.7 Å². The molecule has 3 aromatic rings. The number of hydrogen-bond donors (Lipinski definition) is 1. The van der Waals surface area contributed by atoms with Crippen molar-refractivity contribution in [2.75, 3.05) is 12.3 Å². The van der Waals surface area contributed by atoms with Crippen LogP contribution in [0.15, 0.2) is 57.6 Å². The van der Waals surface area contributed by atoms with Crippen molar-refractivity contribution in [1.82, 2.24) is 10.3 Å². The van der Waals surface area contributed by atoms with Gasteiger partial charge in [0.15, 0.2) is 0 Å². The van der Waals surface area contributed by atoms with Gasteiger partial charge < -0.3 is 14.2 Å². The third-order valence-corrected chi connectivity index (χ3v) is 4.62. The highest BCUT2D eigenvalue weighted by atomic mass is 32.2. The number of nitrogens with zero attached hydrogens (tertiary/aromatic N) is 1. The fraction of sp³-hybridized carbons (Fsp3) is 0.263. The lowest BCUT2D eigenvalue weighted by Crippen LogP contribution is -2.27. The average Bonchev–Trinajstić information content (AvgIpc) is 3.26. The summed E-state index contributed by atoms with van der Waals surface area (Å²) in [4.78, 5) is 16.5. The Kier molecular flexibility index (Phi) is 5.95. The van der Waals surface area contributed by atoms with Crippen LogP contribution in [0.1, 0.15) is 17.2 Å². The van der Waals surface area contributed by atoms with Gasteiger partial charge >= 0.3 is 0 Å². The molecule has 6 heteroatoms. The minimum atomic E-state index is -0.0467. The van der Waals surface area contributed by atoms with Crippen LogP contribution in [0.3, 0.4) is 0 Å². The maximum absolute atomic E-state index is 12.1. The Morgan fingerprint density at radius 2 is 2.04 bits per heavy atom. The second-order valence-corrected chi connectivity index (χ2v) is 6.65. The number of aromatic nitrogens is 1. The lowest BCUT2D eigenvalue weighted by atomic mass is 10.2. The number of aryl methyl sites for hydroxylation is 1. The highest BCUT2D eigenvalue weighted by molar-refractivity contribution is 7.98. The minimum absolute atomic E-state index is 0.0467. The first kappa shape index (κ1) is 17.4. The number of thioether (sulfide) groups is 1. The van der Waals surface area contributed by atoms with E-state index in [1.165, 1.54) is 0 Å². The van der Waals surface area contributed by atoms with Crippen LogP contribution in [0, 0.1) is 6.92 Å². The number of carbonyl (C=O) groups excluding carboxylic acids is 1. The van der Waals surface area contributed by atoms with Crippen LogP contribution < -0.4 is 5.32 Å². The van der Waals surface area contributed by atoms with Crippen LogP contribution in [0.2, 0.25) is 0 Å². The zero-order valence-corrected chi connectivity index (χ0v) is 14.8. The molecule has 2 heterocycles. The third kappa shape index (κ3) is 5.00. The smallest absolute Gasteiger partial charge is 0.226 e. The quantitative estimate of drug-likeness (QED) is 0.621. The molecule has 0 bridgehead atoms. The molecule has 2 aromatic heterocycles. The van der Waals surface area contributed by atoms with Gasteiger partial charge in [0.2, 0.25) is 11.8 Å². The van der Waals surface area contributed by atoms with E-state index in [4.69, 9.17) is 8.83 Å². The van der Waals surface area contributed by atoms with Crippen LogP contribution in [0.25, 0.3) is 11.5 Å². The number of rotatable bonds is 8. The van der Waals surface area contributed by atoms with E-state index in [0.29, 0.717) is 23.9 Å². The predicted octanol–water partition coefficient (Wildman–Crippen LogP) is 3.84. The van der Waals surface area contributed by atoms with Crippen molar-refractivity contribution in [3.8, 4) is 11.5 Å². The Bertz CT molecular complexity index is 797. The number of furan rings is 1. The summed E-state index contributed by atoms with van der Waals surface area (Å²) in [7, 11) is 0. The minimum Gasteiger partial charge on any atom is -0.468 e. The molecular formula is C19H20N2O3S. The maximum atomic E-state index is 12.1. The van der Waals surface area contributed by atoms with Gasteiger partial charge in [-0.3, -0.25) is 4.79 Å². The highest BCUT2D eigenvalue weighted by Gasteiger charge is 2.14. The molecule has 1 aromatic carbocycles. The molecule has 0 saturated heterocycles. The standard InChI is InChI=1S/C19H20N2O3S/c1-14-17(21-19(24-14)15-6-3-2-4-7-15)12-18(22)20-9-11-25-13-16-8-5-10-23-16/h2-8,10H,9,11-13H2,1H3,(H,20,22). The number of carbonyl (C=O) groups is 1. The van der Waals surface area contributed by atoms with E-state index in [9.17, 15) is 4.79 Å². The lowest BCUT2D eigenvalue weighted by molar-refractivity contribution is -0.120. The molecular weight excluding hydrogens is 336 g/mol. The summed E-state index contributed by atoms with van der Waals surface area (Å²) < 4.78 is 10.9. The lowest BCUT2D eigenvalue weighted by Gasteiger charge is -2.03. The van der Waals surface area contributed by atoms with Crippen molar-refractivity contribution < 1.29 is 13.6 Å². The van der Waals surface area contributed by atoms with Gasteiger partial charge in [0.1, 0.15) is 11.5 Å². The van der Waals surface area contributed by atoms with Gasteiger partial charge in [-0.1, -0.05) is 18.2 Å². The zero-order valence-electron chi connectivity index (χ0n) is 14.0. The first-order chi connectivity index (χ1) is 12.2. The number of oxazole rings is 1. The van der Waals surface area contributed by atoms with E-state index in [1.54, 1.807) is 18.0 Å². The molecule has 130 valence electrons. The van der Waals surface area contributed by atoms with Crippen LogP contribution in [0.5, 0.6) is 0 Å². The first-order valence-corrected chi connectivity index (χ1v) is 9.26. The van der Waals surface area contributed by atoms with Crippen molar-refractivity contribution in [2.24, 2.45) is 0 Å². The molecule has 25 heavy (non-hydrogen) atoms. The second kappa shape index (κ2) is 8.58. The molecule has 0 aliphatic heterocycles. The van der Waals surface area contributed by atoms with Gasteiger partial charge in [-0.15, -0.1) is 0 Å². The molecule has 0 aliphatic rings. The third-order valence-electron chi connectivity index (χ3n) is 3.63. The Labute approximate surface area is 150 Å². The molecule has 0 aliphatic carbocycles. The summed E-state index contributed by atoms with van der Waals surface area (Å²) in [6, 6.07) is 13.5. The largest absolute Gasteiger partial charge is 0.468 e. The van der Waals surface area contributed by atoms with Gasteiger partial charge in [-0.05, 0) is 31.2 Å². The zero-order chi connectivity index (χ0) is 17.5. The summed E-state index contributed by atoms with van der Waals surface area (Å²) >= 11 is 1.72. The van der Waals surface area contributed by atoms with E-state index in [-0.39, 0.29) is 12.3 Å². The number of nitrogens with one attached hydrogen (secondary N) is 1. The Morgan fingerprint density at radius 1 is 1.20 bits per heavy atom. The summed E-state index contributed by atoms with van der Waals surface area (Å²) in [6.45, 7) is 2.45. The van der Waals surface area contributed by atoms with Crippen LogP contribution in [-0.4, -0.2) is 23.2 Å². The molecule has 1 N–H and O–H groups in total. The Hall–Kier alpha value is -2.47. The molecule has 1 amide bonds. The van der Waals surface area contributed by atoms with E-state index in [1.807, 2.05) is 49.4 Å². The van der Waals surface area contributed by atoms with Crippen molar-refractivity contribution in [1.29, 1.82) is 0 Å². The van der Waals surface area contributed by atoms with Crippen molar-refractivity contribution in [3.05, 3.63) is 65.9 Å². The fourth-order valence-electron chi connectivity index (χ4n) is 2.34. The highest BCUT2D eigenvalue weighted by Crippen LogP contribution is 2.21. The number of benzene rings is 1. The molecule has 0 unspecified atom stereocenters. The second-order valence-electron chi connectivity index (χ2n) is 5.55. The Balaban J connectivity index is 1.44. The van der Waals surface area contributed by atoms with Gasteiger partial charge in [0.05, 0.1) is 24.1 Å².